The predicted molar refractivity (Wildman–Crippen MR) is 133 cm³/mol. The number of piperazine rings is 1. The Morgan fingerprint density at radius 1 is 1.11 bits per heavy atom. The first-order chi connectivity index (χ1) is 17.6. The van der Waals surface area contributed by atoms with Gasteiger partial charge < -0.3 is 20.4 Å². The topological polar surface area (TPSA) is 94.0 Å². The van der Waals surface area contributed by atoms with E-state index in [0.717, 1.165) is 49.6 Å². The van der Waals surface area contributed by atoms with E-state index in [-0.39, 0.29) is 29.1 Å². The lowest BCUT2D eigenvalue weighted by molar-refractivity contribution is -0.427. The second-order valence-electron chi connectivity index (χ2n) is 9.72. The van der Waals surface area contributed by atoms with Gasteiger partial charge in [-0.2, -0.15) is 13.2 Å². The molecule has 3 aliphatic heterocycles. The van der Waals surface area contributed by atoms with Crippen molar-refractivity contribution < 1.29 is 22.9 Å². The van der Waals surface area contributed by atoms with Crippen molar-refractivity contribution in [3.8, 4) is 0 Å². The Morgan fingerprint density at radius 2 is 1.76 bits per heavy atom. The minimum Gasteiger partial charge on any atom is -0.369 e. The maximum absolute atomic E-state index is 12.8. The van der Waals surface area contributed by atoms with Gasteiger partial charge in [0.15, 0.2) is 0 Å². The molecule has 2 saturated heterocycles. The third kappa shape index (κ3) is 6.94. The number of benzene rings is 1. The maximum Gasteiger partial charge on any atom is 0.416 e. The SMILES string of the molecule is CC1=C([N+](=O)[O-])CNC(NC2CCN(C(=O)CCN3CCN(c4ccc(C(F)(F)F)cc4)CC3)CC2)=C1. The number of anilines is 1. The normalized spacial score (nSPS) is 19.9. The summed E-state index contributed by atoms with van der Waals surface area (Å²) in [6.07, 6.45) is -0.514. The van der Waals surface area contributed by atoms with Crippen LogP contribution in [0.1, 0.15) is 31.7 Å². The number of amides is 1. The molecule has 0 aromatic heterocycles. The highest BCUT2D eigenvalue weighted by atomic mass is 19.4. The molecule has 12 heteroatoms. The Hall–Kier alpha value is -3.28. The fourth-order valence-electron chi connectivity index (χ4n) is 4.97. The highest BCUT2D eigenvalue weighted by Gasteiger charge is 2.30. The van der Waals surface area contributed by atoms with Crippen LogP contribution >= 0.6 is 0 Å². The van der Waals surface area contributed by atoms with Crippen LogP contribution in [0.2, 0.25) is 0 Å². The minimum atomic E-state index is -4.33. The first-order valence-electron chi connectivity index (χ1n) is 12.6. The van der Waals surface area contributed by atoms with Gasteiger partial charge in [-0.25, -0.2) is 0 Å². The first-order valence-corrected chi connectivity index (χ1v) is 12.6. The third-order valence-corrected chi connectivity index (χ3v) is 7.26. The zero-order valence-electron chi connectivity index (χ0n) is 20.9. The molecule has 0 spiro atoms. The van der Waals surface area contributed by atoms with E-state index in [4.69, 9.17) is 0 Å². The number of allylic oxidation sites excluding steroid dienone is 2. The van der Waals surface area contributed by atoms with Gasteiger partial charge in [-0.1, -0.05) is 0 Å². The van der Waals surface area contributed by atoms with Gasteiger partial charge in [-0.15, -0.1) is 0 Å². The number of carbonyl (C=O) groups excluding carboxylic acids is 1. The average Bonchev–Trinajstić information content (AvgIpc) is 2.87. The lowest BCUT2D eigenvalue weighted by atomic mass is 10.0. The molecule has 0 atom stereocenters. The number of likely N-dealkylation sites (tertiary alicyclic amines) is 1. The number of dihydropyridines is 1. The van der Waals surface area contributed by atoms with E-state index in [0.29, 0.717) is 44.7 Å². The van der Waals surface area contributed by atoms with Crippen molar-refractivity contribution in [2.45, 2.75) is 38.4 Å². The van der Waals surface area contributed by atoms with E-state index in [1.165, 1.54) is 12.1 Å². The second-order valence-corrected chi connectivity index (χ2v) is 9.72. The molecule has 0 saturated carbocycles. The Kier molecular flexibility index (Phi) is 8.25. The quantitative estimate of drug-likeness (QED) is 0.420. The second kappa shape index (κ2) is 11.4. The lowest BCUT2D eigenvalue weighted by Gasteiger charge is -2.37. The van der Waals surface area contributed by atoms with E-state index >= 15 is 0 Å². The smallest absolute Gasteiger partial charge is 0.369 e. The largest absolute Gasteiger partial charge is 0.416 e. The van der Waals surface area contributed by atoms with E-state index in [1.54, 1.807) is 13.0 Å². The number of hydrogen-bond acceptors (Lipinski definition) is 7. The molecule has 0 bridgehead atoms. The van der Waals surface area contributed by atoms with E-state index in [9.17, 15) is 28.1 Å². The molecule has 3 heterocycles. The van der Waals surface area contributed by atoms with Gasteiger partial charge in [-0.05, 0) is 50.1 Å². The van der Waals surface area contributed by atoms with Crippen LogP contribution in [-0.4, -0.2) is 79.0 Å². The van der Waals surface area contributed by atoms with Crippen LogP contribution in [0.25, 0.3) is 0 Å². The molecule has 1 aromatic carbocycles. The molecule has 2 N–H and O–H groups in total. The van der Waals surface area contributed by atoms with Gasteiger partial charge in [0, 0.05) is 69.5 Å². The summed E-state index contributed by atoms with van der Waals surface area (Å²) in [6.45, 7) is 6.85. The molecule has 0 aliphatic carbocycles. The number of halogens is 3. The van der Waals surface area contributed by atoms with E-state index < -0.39 is 11.7 Å². The summed E-state index contributed by atoms with van der Waals surface area (Å²) in [5.74, 6) is 0.913. The van der Waals surface area contributed by atoms with Gasteiger partial charge in [-0.3, -0.25) is 19.8 Å². The van der Waals surface area contributed by atoms with Gasteiger partial charge in [0.25, 0.3) is 5.70 Å². The molecule has 9 nitrogen and oxygen atoms in total. The third-order valence-electron chi connectivity index (χ3n) is 7.26. The standard InChI is InChI=1S/C25H33F3N6O3/c1-18-16-23(29-17-22(18)34(36)37)30-20-6-10-33(11-7-20)24(35)8-9-31-12-14-32(15-13-31)21-4-2-19(3-5-21)25(26,27)28/h2-5,16,20,29-30H,6-15,17H2,1H3. The van der Waals surface area contributed by atoms with Crippen LogP contribution in [0.15, 0.2) is 47.4 Å². The fourth-order valence-corrected chi connectivity index (χ4v) is 4.97. The number of hydrogen-bond donors (Lipinski definition) is 2. The van der Waals surface area contributed by atoms with Gasteiger partial charge in [0.1, 0.15) is 6.54 Å². The monoisotopic (exact) mass is 522 g/mol. The number of nitrogens with one attached hydrogen (secondary N) is 2. The number of carbonyl (C=O) groups is 1. The summed E-state index contributed by atoms with van der Waals surface area (Å²) >= 11 is 0. The number of piperidine rings is 1. The van der Waals surface area contributed by atoms with Crippen LogP contribution < -0.4 is 15.5 Å². The van der Waals surface area contributed by atoms with Gasteiger partial charge in [0.2, 0.25) is 5.91 Å². The van der Waals surface area contributed by atoms with Crippen molar-refractivity contribution in [3.63, 3.8) is 0 Å². The Bertz CT molecular complexity index is 1040. The van der Waals surface area contributed by atoms with E-state index in [1.807, 2.05) is 4.90 Å². The molecule has 0 unspecified atom stereocenters. The van der Waals surface area contributed by atoms with Crippen molar-refractivity contribution in [1.29, 1.82) is 0 Å². The summed E-state index contributed by atoms with van der Waals surface area (Å²) in [5.41, 5.74) is 0.948. The van der Waals surface area contributed by atoms with Crippen molar-refractivity contribution in [2.75, 3.05) is 57.3 Å². The number of nitro groups is 1. The molecule has 0 radical (unpaired) electrons. The Balaban J connectivity index is 1.15. The molecule has 1 aromatic rings. The Morgan fingerprint density at radius 3 is 2.32 bits per heavy atom. The number of alkyl halides is 3. The molecule has 202 valence electrons. The molecule has 4 rings (SSSR count). The molecule has 37 heavy (non-hydrogen) atoms. The van der Waals surface area contributed by atoms with Crippen LogP contribution in [0.4, 0.5) is 18.9 Å². The van der Waals surface area contributed by atoms with Crippen LogP contribution in [0.3, 0.4) is 0 Å². The molecule has 1 amide bonds. The van der Waals surface area contributed by atoms with Crippen molar-refractivity contribution in [2.24, 2.45) is 0 Å². The highest BCUT2D eigenvalue weighted by Crippen LogP contribution is 2.30. The molecule has 2 fully saturated rings. The summed E-state index contributed by atoms with van der Waals surface area (Å²) in [4.78, 5) is 29.6. The number of nitrogens with zero attached hydrogens (tertiary/aromatic N) is 4. The van der Waals surface area contributed by atoms with Crippen LogP contribution in [0.5, 0.6) is 0 Å². The summed E-state index contributed by atoms with van der Waals surface area (Å²) in [7, 11) is 0. The van der Waals surface area contributed by atoms with E-state index in [2.05, 4.69) is 20.4 Å². The van der Waals surface area contributed by atoms with Gasteiger partial charge >= 0.3 is 6.18 Å². The summed E-state index contributed by atoms with van der Waals surface area (Å²) in [6, 6.07) is 5.47. The van der Waals surface area contributed by atoms with Crippen molar-refractivity contribution >= 4 is 11.6 Å². The lowest BCUT2D eigenvalue weighted by Crippen LogP contribution is -2.49. The molecular weight excluding hydrogens is 489 g/mol. The highest BCUT2D eigenvalue weighted by molar-refractivity contribution is 5.76. The van der Waals surface area contributed by atoms with Crippen molar-refractivity contribution in [1.82, 2.24) is 20.4 Å². The fraction of sp³-hybridized carbons (Fsp3) is 0.560. The summed E-state index contributed by atoms with van der Waals surface area (Å²) < 4.78 is 38.3. The van der Waals surface area contributed by atoms with Crippen LogP contribution in [-0.2, 0) is 11.0 Å². The van der Waals surface area contributed by atoms with Crippen LogP contribution in [0, 0.1) is 10.1 Å². The zero-order valence-corrected chi connectivity index (χ0v) is 20.9. The summed E-state index contributed by atoms with van der Waals surface area (Å²) in [5, 5.41) is 17.5. The van der Waals surface area contributed by atoms with Gasteiger partial charge in [0.05, 0.1) is 16.3 Å². The zero-order chi connectivity index (χ0) is 26.6. The molecular formula is C25H33F3N6O3. The maximum atomic E-state index is 12.8. The minimum absolute atomic E-state index is 0.132. The number of rotatable bonds is 7. The Labute approximate surface area is 214 Å². The van der Waals surface area contributed by atoms with Crippen molar-refractivity contribution in [3.05, 3.63) is 63.1 Å². The molecule has 3 aliphatic rings. The predicted octanol–water partition coefficient (Wildman–Crippen LogP) is 2.79. The average molecular weight is 523 g/mol. The first kappa shape index (κ1) is 26.8.